The molecule has 0 aromatic heterocycles. The molecular weight excluding hydrogens is 276 g/mol. The molecule has 1 aliphatic heterocycles. The number of aliphatic imine (C=N–C) groups is 1. The number of rotatable bonds is 3. The van der Waals surface area contributed by atoms with E-state index >= 15 is 0 Å². The highest BCUT2D eigenvalue weighted by Crippen LogP contribution is 2.26. The number of hydrogen-bond acceptors (Lipinski definition) is 6. The zero-order valence-electron chi connectivity index (χ0n) is 11.4. The third kappa shape index (κ3) is 2.81. The van der Waals surface area contributed by atoms with E-state index in [2.05, 4.69) is 9.73 Å². The number of carbonyl (C=O) groups excluding carboxylic acids is 1. The summed E-state index contributed by atoms with van der Waals surface area (Å²) in [6.45, 7) is 1.58. The number of methoxy groups -OCH3 is 1. The third-order valence-electron chi connectivity index (χ3n) is 2.93. The number of carbonyl (C=O) groups is 1. The van der Waals surface area contributed by atoms with Crippen LogP contribution in [0.2, 0.25) is 0 Å². The molecule has 0 amide bonds. The number of hydrogen-bond donors (Lipinski definition) is 1. The minimum atomic E-state index is -0.666. The zero-order chi connectivity index (χ0) is 15.6. The van der Waals surface area contributed by atoms with E-state index in [0.717, 1.165) is 0 Å². The van der Waals surface area contributed by atoms with Crippen LogP contribution in [-0.2, 0) is 9.53 Å². The van der Waals surface area contributed by atoms with Gasteiger partial charge < -0.3 is 9.84 Å². The smallest absolute Gasteiger partial charge is 0.343 e. The molecule has 1 aliphatic rings. The first kappa shape index (κ1) is 14.4. The van der Waals surface area contributed by atoms with Crippen molar-refractivity contribution in [2.24, 2.45) is 4.99 Å². The molecule has 0 saturated heterocycles. The van der Waals surface area contributed by atoms with Gasteiger partial charge in [0.2, 0.25) is 0 Å². The molecule has 2 rings (SSSR count). The van der Waals surface area contributed by atoms with Crippen molar-refractivity contribution in [2.45, 2.75) is 6.92 Å². The van der Waals surface area contributed by atoms with Crippen molar-refractivity contribution >= 4 is 23.4 Å². The monoisotopic (exact) mass is 288 g/mol. The maximum absolute atomic E-state index is 11.5. The molecule has 1 aromatic rings. The minimum Gasteiger partial charge on any atom is -0.505 e. The zero-order valence-corrected chi connectivity index (χ0v) is 11.4. The average molecular weight is 288 g/mol. The molecule has 1 heterocycles. The Labute approximate surface area is 120 Å². The van der Waals surface area contributed by atoms with Gasteiger partial charge in [-0.1, -0.05) is 0 Å². The Morgan fingerprint density at radius 3 is 2.52 bits per heavy atom. The molecule has 0 aliphatic carbocycles. The molecule has 7 nitrogen and oxygen atoms in total. The van der Waals surface area contributed by atoms with Crippen LogP contribution in [0.25, 0.3) is 6.08 Å². The maximum atomic E-state index is 11.5. The lowest BCUT2D eigenvalue weighted by atomic mass is 10.1. The maximum Gasteiger partial charge on any atom is 0.343 e. The highest BCUT2D eigenvalue weighted by Gasteiger charge is 2.27. The number of ether oxygens (including phenoxy) is 1. The SMILES string of the molecule is COC(=O)C1=C(O)/C(=C\c2ccc([N+](=O)[O-])cc2)N=C1C. The van der Waals surface area contributed by atoms with Gasteiger partial charge in [-0.2, -0.15) is 0 Å². The predicted molar refractivity (Wildman–Crippen MR) is 75.9 cm³/mol. The highest BCUT2D eigenvalue weighted by atomic mass is 16.6. The Morgan fingerprint density at radius 2 is 2.00 bits per heavy atom. The fourth-order valence-electron chi connectivity index (χ4n) is 1.89. The molecular formula is C14H12N2O5. The molecule has 0 radical (unpaired) electrons. The third-order valence-corrected chi connectivity index (χ3v) is 2.93. The van der Waals surface area contributed by atoms with Crippen molar-refractivity contribution in [1.82, 2.24) is 0 Å². The summed E-state index contributed by atoms with van der Waals surface area (Å²) in [4.78, 5) is 25.7. The number of aliphatic hydroxyl groups is 1. The van der Waals surface area contributed by atoms with E-state index in [1.54, 1.807) is 6.92 Å². The summed E-state index contributed by atoms with van der Waals surface area (Å²) >= 11 is 0. The first-order valence-electron chi connectivity index (χ1n) is 5.97. The first-order valence-corrected chi connectivity index (χ1v) is 5.97. The van der Waals surface area contributed by atoms with Gasteiger partial charge in [-0.15, -0.1) is 0 Å². The number of aliphatic hydroxyl groups excluding tert-OH is 1. The van der Waals surface area contributed by atoms with Gasteiger partial charge in [-0.25, -0.2) is 9.79 Å². The predicted octanol–water partition coefficient (Wildman–Crippen LogP) is 2.40. The summed E-state index contributed by atoms with van der Waals surface area (Å²) in [7, 11) is 1.22. The molecule has 1 N–H and O–H groups in total. The molecule has 0 fully saturated rings. The Hall–Kier alpha value is -2.96. The second kappa shape index (κ2) is 5.58. The molecule has 21 heavy (non-hydrogen) atoms. The van der Waals surface area contributed by atoms with E-state index in [-0.39, 0.29) is 22.7 Å². The second-order valence-corrected chi connectivity index (χ2v) is 4.29. The van der Waals surface area contributed by atoms with Gasteiger partial charge in [-0.05, 0) is 30.7 Å². The van der Waals surface area contributed by atoms with Crippen molar-refractivity contribution in [3.05, 3.63) is 57.0 Å². The minimum absolute atomic E-state index is 0.0191. The lowest BCUT2D eigenvalue weighted by Crippen LogP contribution is -2.11. The Balaban J connectivity index is 2.36. The van der Waals surface area contributed by atoms with Crippen LogP contribution in [0, 0.1) is 10.1 Å². The summed E-state index contributed by atoms with van der Waals surface area (Å²) < 4.78 is 4.58. The van der Waals surface area contributed by atoms with Crippen molar-refractivity contribution in [2.75, 3.05) is 7.11 Å². The number of nitrogens with zero attached hydrogens (tertiary/aromatic N) is 2. The van der Waals surface area contributed by atoms with Crippen LogP contribution >= 0.6 is 0 Å². The van der Waals surface area contributed by atoms with Gasteiger partial charge >= 0.3 is 5.97 Å². The number of esters is 1. The summed E-state index contributed by atoms with van der Waals surface area (Å²) in [5.74, 6) is -0.932. The van der Waals surface area contributed by atoms with Gasteiger partial charge in [0.05, 0.1) is 17.7 Å². The standard InChI is InChI=1S/C14H12N2O5/c1-8-12(14(18)21-2)13(17)11(15-8)7-9-3-5-10(6-4-9)16(19)20/h3-7,17H,1-2H3/b11-7+. The van der Waals surface area contributed by atoms with Gasteiger partial charge in [0.1, 0.15) is 11.3 Å². The van der Waals surface area contributed by atoms with Gasteiger partial charge in [-0.3, -0.25) is 10.1 Å². The normalized spacial score (nSPS) is 16.1. The molecule has 0 saturated carbocycles. The summed E-state index contributed by atoms with van der Waals surface area (Å²) in [6.07, 6.45) is 1.53. The van der Waals surface area contributed by atoms with Crippen LogP contribution in [0.1, 0.15) is 12.5 Å². The summed E-state index contributed by atoms with van der Waals surface area (Å²) in [5, 5.41) is 20.6. The lowest BCUT2D eigenvalue weighted by Gasteiger charge is -2.00. The topological polar surface area (TPSA) is 102 Å². The Bertz CT molecular complexity index is 699. The van der Waals surface area contributed by atoms with E-state index in [1.165, 1.54) is 37.5 Å². The van der Waals surface area contributed by atoms with E-state index in [4.69, 9.17) is 0 Å². The summed E-state index contributed by atoms with van der Waals surface area (Å²) in [5.41, 5.74) is 1.17. The molecule has 108 valence electrons. The largest absolute Gasteiger partial charge is 0.505 e. The fraction of sp³-hybridized carbons (Fsp3) is 0.143. The molecule has 0 unspecified atom stereocenters. The second-order valence-electron chi connectivity index (χ2n) is 4.29. The van der Waals surface area contributed by atoms with Crippen LogP contribution < -0.4 is 0 Å². The van der Waals surface area contributed by atoms with E-state index < -0.39 is 10.9 Å². The van der Waals surface area contributed by atoms with Crippen LogP contribution in [-0.4, -0.2) is 28.8 Å². The number of nitro benzene ring substituents is 1. The molecule has 7 heteroatoms. The van der Waals surface area contributed by atoms with Crippen LogP contribution in [0.15, 0.2) is 46.3 Å². The van der Waals surface area contributed by atoms with E-state index in [1.807, 2.05) is 0 Å². The van der Waals surface area contributed by atoms with Crippen molar-refractivity contribution in [1.29, 1.82) is 0 Å². The van der Waals surface area contributed by atoms with Crippen molar-refractivity contribution in [3.63, 3.8) is 0 Å². The number of non-ortho nitro benzene ring substituents is 1. The van der Waals surface area contributed by atoms with E-state index in [9.17, 15) is 20.0 Å². The van der Waals surface area contributed by atoms with E-state index in [0.29, 0.717) is 11.3 Å². The molecule has 0 atom stereocenters. The molecule has 0 spiro atoms. The molecule has 0 bridgehead atoms. The molecule has 1 aromatic carbocycles. The number of benzene rings is 1. The fourth-order valence-corrected chi connectivity index (χ4v) is 1.89. The Morgan fingerprint density at radius 1 is 1.38 bits per heavy atom. The summed E-state index contributed by atoms with van der Waals surface area (Å²) in [6, 6.07) is 5.75. The van der Waals surface area contributed by atoms with Crippen molar-refractivity contribution in [3.8, 4) is 0 Å². The average Bonchev–Trinajstić information content (AvgIpc) is 2.73. The van der Waals surface area contributed by atoms with Crippen LogP contribution in [0.5, 0.6) is 0 Å². The highest BCUT2D eigenvalue weighted by molar-refractivity contribution is 6.21. The van der Waals surface area contributed by atoms with Gasteiger partial charge in [0.15, 0.2) is 5.76 Å². The first-order chi connectivity index (χ1) is 9.93. The number of nitro groups is 1. The lowest BCUT2D eigenvalue weighted by molar-refractivity contribution is -0.384. The van der Waals surface area contributed by atoms with Crippen molar-refractivity contribution < 1.29 is 19.6 Å². The van der Waals surface area contributed by atoms with Gasteiger partial charge in [0.25, 0.3) is 5.69 Å². The quantitative estimate of drug-likeness (QED) is 0.522. The van der Waals surface area contributed by atoms with Gasteiger partial charge in [0, 0.05) is 12.1 Å². The Kier molecular flexibility index (Phi) is 3.84. The van der Waals surface area contributed by atoms with Crippen LogP contribution in [0.4, 0.5) is 5.69 Å². The van der Waals surface area contributed by atoms with Crippen LogP contribution in [0.3, 0.4) is 0 Å².